The van der Waals surface area contributed by atoms with Gasteiger partial charge in [0.2, 0.25) is 10.0 Å². The third kappa shape index (κ3) is 4.81. The van der Waals surface area contributed by atoms with Crippen LogP contribution in [0.4, 0.5) is 5.69 Å². The molecule has 156 valence electrons. The monoisotopic (exact) mass is 459 g/mol. The first-order valence-corrected chi connectivity index (χ1v) is 11.1. The van der Waals surface area contributed by atoms with E-state index in [2.05, 4.69) is 4.90 Å². The third-order valence-electron chi connectivity index (χ3n) is 4.65. The van der Waals surface area contributed by atoms with Crippen LogP contribution in [0.25, 0.3) is 0 Å². The number of sulfonamides is 1. The summed E-state index contributed by atoms with van der Waals surface area (Å²) in [6.07, 6.45) is 0. The van der Waals surface area contributed by atoms with Gasteiger partial charge in [0.05, 0.1) is 9.95 Å². The van der Waals surface area contributed by atoms with Gasteiger partial charge in [-0.1, -0.05) is 30.1 Å². The second-order valence-electron chi connectivity index (χ2n) is 6.40. The topological polar surface area (TPSA) is 93.0 Å². The van der Waals surface area contributed by atoms with Crippen LogP contribution in [0, 0.1) is 10.1 Å². The quantitative estimate of drug-likeness (QED) is 0.478. The SMILES string of the molecule is CCN1CCN(S(=O)(=O)c2cc([N+](=O)[O-])ccc2Oc2cc(Cl)ccc2Cl)CC1. The summed E-state index contributed by atoms with van der Waals surface area (Å²) in [6, 6.07) is 7.98. The van der Waals surface area contributed by atoms with Crippen molar-refractivity contribution in [1.29, 1.82) is 0 Å². The van der Waals surface area contributed by atoms with Crippen LogP contribution in [-0.4, -0.2) is 55.3 Å². The van der Waals surface area contributed by atoms with Crippen LogP contribution in [0.5, 0.6) is 11.5 Å². The van der Waals surface area contributed by atoms with E-state index >= 15 is 0 Å². The van der Waals surface area contributed by atoms with Crippen LogP contribution >= 0.6 is 23.2 Å². The summed E-state index contributed by atoms with van der Waals surface area (Å²) in [4.78, 5) is 12.4. The molecule has 29 heavy (non-hydrogen) atoms. The lowest BCUT2D eigenvalue weighted by atomic mass is 10.3. The molecule has 2 aromatic rings. The summed E-state index contributed by atoms with van der Waals surface area (Å²) >= 11 is 12.1. The average Bonchev–Trinajstić information content (AvgIpc) is 2.70. The minimum Gasteiger partial charge on any atom is -0.454 e. The fourth-order valence-corrected chi connectivity index (χ4v) is 4.87. The molecule has 1 aliphatic heterocycles. The molecule has 0 atom stereocenters. The lowest BCUT2D eigenvalue weighted by Gasteiger charge is -2.33. The molecular formula is C18H19Cl2N3O5S. The number of hydrogen-bond donors (Lipinski definition) is 0. The predicted molar refractivity (Wildman–Crippen MR) is 111 cm³/mol. The summed E-state index contributed by atoms with van der Waals surface area (Å²) < 4.78 is 33.6. The second-order valence-corrected chi connectivity index (χ2v) is 9.15. The number of rotatable bonds is 6. The molecule has 0 spiro atoms. The van der Waals surface area contributed by atoms with Gasteiger partial charge in [0.25, 0.3) is 5.69 Å². The van der Waals surface area contributed by atoms with Gasteiger partial charge in [-0.25, -0.2) is 8.42 Å². The number of nitrogens with zero attached hydrogens (tertiary/aromatic N) is 3. The Labute approximate surface area is 178 Å². The molecule has 0 bridgehead atoms. The maximum absolute atomic E-state index is 13.3. The Hall–Kier alpha value is -1.91. The molecule has 1 saturated heterocycles. The lowest BCUT2D eigenvalue weighted by molar-refractivity contribution is -0.385. The molecule has 1 aliphatic rings. The van der Waals surface area contributed by atoms with Crippen molar-refractivity contribution in [2.75, 3.05) is 32.7 Å². The molecule has 0 saturated carbocycles. The Morgan fingerprint density at radius 3 is 2.38 bits per heavy atom. The van der Waals surface area contributed by atoms with Gasteiger partial charge >= 0.3 is 0 Å². The number of nitro benzene ring substituents is 1. The fourth-order valence-electron chi connectivity index (χ4n) is 3.00. The summed E-state index contributed by atoms with van der Waals surface area (Å²) in [5, 5.41) is 11.8. The summed E-state index contributed by atoms with van der Waals surface area (Å²) in [5.41, 5.74) is -0.347. The molecule has 11 heteroatoms. The number of halogens is 2. The lowest BCUT2D eigenvalue weighted by Crippen LogP contribution is -2.48. The third-order valence-corrected chi connectivity index (χ3v) is 7.11. The van der Waals surface area contributed by atoms with E-state index in [-0.39, 0.29) is 40.2 Å². The maximum Gasteiger partial charge on any atom is 0.271 e. The first-order chi connectivity index (χ1) is 13.7. The normalized spacial score (nSPS) is 16.0. The first-order valence-electron chi connectivity index (χ1n) is 8.86. The molecule has 0 unspecified atom stereocenters. The Balaban J connectivity index is 2.02. The zero-order valence-corrected chi connectivity index (χ0v) is 17.9. The Morgan fingerprint density at radius 2 is 1.76 bits per heavy atom. The van der Waals surface area contributed by atoms with Crippen LogP contribution < -0.4 is 4.74 Å². The van der Waals surface area contributed by atoms with E-state index in [1.807, 2.05) is 6.92 Å². The van der Waals surface area contributed by atoms with E-state index in [1.54, 1.807) is 6.07 Å². The van der Waals surface area contributed by atoms with Crippen LogP contribution in [0.2, 0.25) is 10.0 Å². The highest BCUT2D eigenvalue weighted by Crippen LogP contribution is 2.37. The fraction of sp³-hybridized carbons (Fsp3) is 0.333. The van der Waals surface area contributed by atoms with E-state index in [0.717, 1.165) is 12.6 Å². The summed E-state index contributed by atoms with van der Waals surface area (Å²) in [7, 11) is -4.02. The molecule has 8 nitrogen and oxygen atoms in total. The minimum atomic E-state index is -4.02. The van der Waals surface area contributed by atoms with E-state index in [1.165, 1.54) is 28.6 Å². The Bertz CT molecular complexity index is 1020. The van der Waals surface area contributed by atoms with Crippen LogP contribution in [0.15, 0.2) is 41.3 Å². The van der Waals surface area contributed by atoms with Gasteiger partial charge in [-0.05, 0) is 24.7 Å². The van der Waals surface area contributed by atoms with Crippen molar-refractivity contribution in [3.63, 3.8) is 0 Å². The zero-order valence-electron chi connectivity index (χ0n) is 15.5. The largest absolute Gasteiger partial charge is 0.454 e. The molecule has 0 amide bonds. The highest BCUT2D eigenvalue weighted by Gasteiger charge is 2.32. The highest BCUT2D eigenvalue weighted by atomic mass is 35.5. The van der Waals surface area contributed by atoms with Gasteiger partial charge < -0.3 is 9.64 Å². The van der Waals surface area contributed by atoms with Crippen molar-refractivity contribution in [1.82, 2.24) is 9.21 Å². The van der Waals surface area contributed by atoms with Crippen molar-refractivity contribution in [3.8, 4) is 11.5 Å². The maximum atomic E-state index is 13.3. The van der Waals surface area contributed by atoms with Gasteiger partial charge in [-0.2, -0.15) is 4.31 Å². The minimum absolute atomic E-state index is 0.0577. The smallest absolute Gasteiger partial charge is 0.271 e. The number of likely N-dealkylation sites (N-methyl/N-ethyl adjacent to an activating group) is 1. The summed E-state index contributed by atoms with van der Waals surface area (Å²) in [5.74, 6) is 0.0953. The second kappa shape index (κ2) is 8.85. The van der Waals surface area contributed by atoms with Gasteiger partial charge in [0, 0.05) is 49.4 Å². The molecule has 1 fully saturated rings. The van der Waals surface area contributed by atoms with Gasteiger partial charge in [-0.3, -0.25) is 10.1 Å². The number of non-ortho nitro benzene ring substituents is 1. The molecule has 0 radical (unpaired) electrons. The molecule has 3 rings (SSSR count). The van der Waals surface area contributed by atoms with Crippen molar-refractivity contribution >= 4 is 38.9 Å². The van der Waals surface area contributed by atoms with Gasteiger partial charge in [-0.15, -0.1) is 0 Å². The Kier molecular flexibility index (Phi) is 6.65. The van der Waals surface area contributed by atoms with Gasteiger partial charge in [0.15, 0.2) is 0 Å². The standard InChI is InChI=1S/C18H19Cl2N3O5S/c1-2-21-7-9-22(10-8-21)29(26,27)18-12-14(23(24)25)4-6-16(18)28-17-11-13(19)3-5-15(17)20/h3-6,11-12H,2,7-10H2,1H3. The highest BCUT2D eigenvalue weighted by molar-refractivity contribution is 7.89. The van der Waals surface area contributed by atoms with E-state index < -0.39 is 14.9 Å². The first kappa shape index (κ1) is 21.8. The Morgan fingerprint density at radius 1 is 1.07 bits per heavy atom. The van der Waals surface area contributed by atoms with E-state index in [9.17, 15) is 18.5 Å². The van der Waals surface area contributed by atoms with Crippen LogP contribution in [0.3, 0.4) is 0 Å². The van der Waals surface area contributed by atoms with E-state index in [0.29, 0.717) is 18.1 Å². The van der Waals surface area contributed by atoms with Crippen LogP contribution in [-0.2, 0) is 10.0 Å². The molecular weight excluding hydrogens is 441 g/mol. The van der Waals surface area contributed by atoms with Crippen molar-refractivity contribution in [2.24, 2.45) is 0 Å². The number of hydrogen-bond acceptors (Lipinski definition) is 6. The zero-order chi connectivity index (χ0) is 21.2. The number of ether oxygens (including phenoxy) is 1. The van der Waals surface area contributed by atoms with E-state index in [4.69, 9.17) is 27.9 Å². The van der Waals surface area contributed by atoms with Crippen molar-refractivity contribution in [3.05, 3.63) is 56.6 Å². The molecule has 2 aromatic carbocycles. The molecule has 0 aromatic heterocycles. The van der Waals surface area contributed by atoms with Crippen molar-refractivity contribution < 1.29 is 18.1 Å². The number of nitro groups is 1. The predicted octanol–water partition coefficient (Wildman–Crippen LogP) is 4.02. The molecule has 0 aliphatic carbocycles. The average molecular weight is 460 g/mol. The van der Waals surface area contributed by atoms with Crippen LogP contribution in [0.1, 0.15) is 6.92 Å². The number of benzene rings is 2. The summed E-state index contributed by atoms with van der Waals surface area (Å²) in [6.45, 7) is 4.58. The molecule has 0 N–H and O–H groups in total. The molecule has 1 heterocycles. The number of piperazine rings is 1. The van der Waals surface area contributed by atoms with Crippen molar-refractivity contribution in [2.45, 2.75) is 11.8 Å². The van der Waals surface area contributed by atoms with Gasteiger partial charge in [0.1, 0.15) is 16.4 Å².